The van der Waals surface area contributed by atoms with E-state index in [2.05, 4.69) is 5.16 Å². The Morgan fingerprint density at radius 1 is 1.50 bits per heavy atom. The molecular weight excluding hydrogens is 286 g/mol. The summed E-state index contributed by atoms with van der Waals surface area (Å²) in [5.74, 6) is 0.632. The van der Waals surface area contributed by atoms with Crippen LogP contribution in [0.2, 0.25) is 0 Å². The van der Waals surface area contributed by atoms with Crippen LogP contribution >= 0.6 is 0 Å². The van der Waals surface area contributed by atoms with Crippen molar-refractivity contribution in [2.45, 2.75) is 13.0 Å². The number of benzene rings is 1. The van der Waals surface area contributed by atoms with E-state index in [1.165, 1.54) is 0 Å². The van der Waals surface area contributed by atoms with Crippen LogP contribution in [-0.4, -0.2) is 56.2 Å². The molecule has 1 atom stereocenters. The Balaban J connectivity index is 1.90. The zero-order valence-corrected chi connectivity index (χ0v) is 12.8. The van der Waals surface area contributed by atoms with E-state index < -0.39 is 0 Å². The van der Waals surface area contributed by atoms with Crippen molar-refractivity contribution in [3.8, 4) is 5.75 Å². The Hall–Kier alpha value is -2.28. The van der Waals surface area contributed by atoms with Gasteiger partial charge in [0, 0.05) is 13.1 Å². The molecule has 0 bridgehead atoms. The third-order valence-electron chi connectivity index (χ3n) is 3.33. The number of amidine groups is 1. The molecule has 1 saturated heterocycles. The molecule has 0 unspecified atom stereocenters. The van der Waals surface area contributed by atoms with Crippen molar-refractivity contribution in [3.05, 3.63) is 29.8 Å². The van der Waals surface area contributed by atoms with Crippen LogP contribution in [0.15, 0.2) is 29.4 Å². The number of hydrogen-bond acceptors (Lipinski definition) is 5. The molecule has 1 aliphatic heterocycles. The smallest absolute Gasteiger partial charge is 0.263 e. The first-order valence-electron chi connectivity index (χ1n) is 7.10. The molecule has 1 fully saturated rings. The zero-order valence-electron chi connectivity index (χ0n) is 12.8. The Labute approximate surface area is 129 Å². The molecule has 0 radical (unpaired) electrons. The lowest BCUT2D eigenvalue weighted by atomic mass is 10.2. The van der Waals surface area contributed by atoms with E-state index in [0.29, 0.717) is 31.0 Å². The van der Waals surface area contributed by atoms with E-state index in [4.69, 9.17) is 20.0 Å². The van der Waals surface area contributed by atoms with E-state index in [-0.39, 0.29) is 24.5 Å². The Morgan fingerprint density at radius 3 is 3.00 bits per heavy atom. The van der Waals surface area contributed by atoms with Gasteiger partial charge in [-0.1, -0.05) is 17.3 Å². The second-order valence-electron chi connectivity index (χ2n) is 4.97. The molecule has 2 rings (SSSR count). The summed E-state index contributed by atoms with van der Waals surface area (Å²) in [6.07, 6.45) is 0.0415. The number of hydrogen-bond donors (Lipinski definition) is 1. The average molecular weight is 307 g/mol. The van der Waals surface area contributed by atoms with Crippen LogP contribution in [-0.2, 0) is 14.4 Å². The van der Waals surface area contributed by atoms with Gasteiger partial charge in [-0.25, -0.2) is 0 Å². The highest BCUT2D eigenvalue weighted by Gasteiger charge is 2.21. The second-order valence-corrected chi connectivity index (χ2v) is 4.97. The van der Waals surface area contributed by atoms with Crippen molar-refractivity contribution >= 4 is 11.7 Å². The molecule has 0 saturated carbocycles. The number of nitrogens with zero attached hydrogens (tertiary/aromatic N) is 2. The Bertz CT molecular complexity index is 547. The molecule has 1 aliphatic rings. The fourth-order valence-corrected chi connectivity index (χ4v) is 2.20. The number of morpholine rings is 1. The molecule has 1 heterocycles. The highest BCUT2D eigenvalue weighted by atomic mass is 16.6. The van der Waals surface area contributed by atoms with Gasteiger partial charge in [-0.05, 0) is 19.1 Å². The molecule has 0 spiro atoms. The molecule has 1 aromatic carbocycles. The molecule has 0 aliphatic carbocycles. The lowest BCUT2D eigenvalue weighted by molar-refractivity contribution is -0.142. The van der Waals surface area contributed by atoms with Gasteiger partial charge in [-0.3, -0.25) is 4.79 Å². The summed E-state index contributed by atoms with van der Waals surface area (Å²) in [7, 11) is 1.55. The van der Waals surface area contributed by atoms with Crippen LogP contribution in [0.3, 0.4) is 0 Å². The monoisotopic (exact) mass is 307 g/mol. The number of rotatable bonds is 5. The van der Waals surface area contributed by atoms with Crippen molar-refractivity contribution < 1.29 is 19.1 Å². The van der Waals surface area contributed by atoms with Gasteiger partial charge < -0.3 is 24.9 Å². The van der Waals surface area contributed by atoms with Crippen LogP contribution in [0, 0.1) is 0 Å². The number of amides is 1. The lowest BCUT2D eigenvalue weighted by Crippen LogP contribution is -2.45. The number of carbonyl (C=O) groups is 1. The van der Waals surface area contributed by atoms with Gasteiger partial charge in [0.05, 0.1) is 25.4 Å². The summed E-state index contributed by atoms with van der Waals surface area (Å²) in [5.41, 5.74) is 6.48. The van der Waals surface area contributed by atoms with Crippen molar-refractivity contribution in [2.75, 3.05) is 33.4 Å². The molecule has 1 amide bonds. The molecule has 7 heteroatoms. The predicted octanol–water partition coefficient (Wildman–Crippen LogP) is 0.579. The average Bonchev–Trinajstić information content (AvgIpc) is 2.54. The van der Waals surface area contributed by atoms with Gasteiger partial charge in [0.1, 0.15) is 5.75 Å². The standard InChI is InChI=1S/C15H21N3O4/c1-11-9-18(7-8-21-11)14(19)10-22-17-15(16)12-5-3-4-6-13(12)20-2/h3-6,11H,7-10H2,1-2H3,(H2,16,17)/t11-/m1/s1. The third-order valence-corrected chi connectivity index (χ3v) is 3.33. The minimum absolute atomic E-state index is 0.0415. The van der Waals surface area contributed by atoms with Crippen LogP contribution in [0.25, 0.3) is 0 Å². The van der Waals surface area contributed by atoms with Gasteiger partial charge in [-0.2, -0.15) is 0 Å². The van der Waals surface area contributed by atoms with E-state index in [1.807, 2.05) is 19.1 Å². The van der Waals surface area contributed by atoms with Crippen molar-refractivity contribution in [3.63, 3.8) is 0 Å². The van der Waals surface area contributed by atoms with E-state index in [9.17, 15) is 4.79 Å². The van der Waals surface area contributed by atoms with E-state index in [0.717, 1.165) is 0 Å². The molecule has 0 aromatic heterocycles. The van der Waals surface area contributed by atoms with Gasteiger partial charge in [0.2, 0.25) is 0 Å². The minimum Gasteiger partial charge on any atom is -0.496 e. The summed E-state index contributed by atoms with van der Waals surface area (Å²) < 4.78 is 10.6. The van der Waals surface area contributed by atoms with Crippen LogP contribution < -0.4 is 10.5 Å². The zero-order chi connectivity index (χ0) is 15.9. The number of ether oxygens (including phenoxy) is 2. The predicted molar refractivity (Wildman–Crippen MR) is 81.7 cm³/mol. The van der Waals surface area contributed by atoms with Crippen LogP contribution in [0.1, 0.15) is 12.5 Å². The number of oxime groups is 1. The number of methoxy groups -OCH3 is 1. The summed E-state index contributed by atoms with van der Waals surface area (Å²) >= 11 is 0. The second kappa shape index (κ2) is 7.65. The molecule has 22 heavy (non-hydrogen) atoms. The van der Waals surface area contributed by atoms with Gasteiger partial charge in [-0.15, -0.1) is 0 Å². The fourth-order valence-electron chi connectivity index (χ4n) is 2.20. The maximum Gasteiger partial charge on any atom is 0.263 e. The van der Waals surface area contributed by atoms with Crippen LogP contribution in [0.5, 0.6) is 5.75 Å². The Kier molecular flexibility index (Phi) is 5.60. The van der Waals surface area contributed by atoms with Gasteiger partial charge in [0.15, 0.2) is 12.4 Å². The summed E-state index contributed by atoms with van der Waals surface area (Å²) in [4.78, 5) is 18.8. The number of para-hydroxylation sites is 1. The maximum absolute atomic E-state index is 12.0. The van der Waals surface area contributed by atoms with Gasteiger partial charge >= 0.3 is 0 Å². The summed E-state index contributed by atoms with van der Waals surface area (Å²) in [6, 6.07) is 7.20. The van der Waals surface area contributed by atoms with E-state index >= 15 is 0 Å². The molecule has 1 aromatic rings. The maximum atomic E-state index is 12.0. The first kappa shape index (κ1) is 16.1. The lowest BCUT2D eigenvalue weighted by Gasteiger charge is -2.30. The molecule has 7 nitrogen and oxygen atoms in total. The van der Waals surface area contributed by atoms with Crippen molar-refractivity contribution in [2.24, 2.45) is 10.9 Å². The normalized spacial score (nSPS) is 18.9. The highest BCUT2D eigenvalue weighted by Crippen LogP contribution is 2.16. The van der Waals surface area contributed by atoms with Crippen molar-refractivity contribution in [1.82, 2.24) is 4.90 Å². The topological polar surface area (TPSA) is 86.4 Å². The minimum atomic E-state index is -0.150. The van der Waals surface area contributed by atoms with Gasteiger partial charge in [0.25, 0.3) is 5.91 Å². The fraction of sp³-hybridized carbons (Fsp3) is 0.467. The highest BCUT2D eigenvalue weighted by molar-refractivity contribution is 5.99. The first-order chi connectivity index (χ1) is 10.6. The first-order valence-corrected chi connectivity index (χ1v) is 7.10. The Morgan fingerprint density at radius 2 is 2.27 bits per heavy atom. The van der Waals surface area contributed by atoms with E-state index in [1.54, 1.807) is 24.1 Å². The summed E-state index contributed by atoms with van der Waals surface area (Å²) in [5, 5.41) is 3.79. The summed E-state index contributed by atoms with van der Waals surface area (Å²) in [6.45, 7) is 3.45. The SMILES string of the molecule is COc1ccccc1/C(N)=N\OCC(=O)N1CCO[C@H](C)C1. The quantitative estimate of drug-likeness (QED) is 0.488. The van der Waals surface area contributed by atoms with Crippen LogP contribution in [0.4, 0.5) is 0 Å². The number of nitrogens with two attached hydrogens (primary N) is 1. The number of carbonyl (C=O) groups excluding carboxylic acids is 1. The molecular formula is C15H21N3O4. The molecule has 2 N–H and O–H groups in total. The largest absolute Gasteiger partial charge is 0.496 e. The van der Waals surface area contributed by atoms with Crippen molar-refractivity contribution in [1.29, 1.82) is 0 Å². The molecule has 120 valence electrons. The third kappa shape index (κ3) is 4.11.